The van der Waals surface area contributed by atoms with Gasteiger partial charge in [-0.1, -0.05) is 0 Å². The molecule has 0 aromatic rings. The van der Waals surface area contributed by atoms with Crippen LogP contribution in [-0.2, 0) is 19.1 Å². The number of esters is 2. The normalized spacial score (nSPS) is 31.2. The molecule has 1 aliphatic heterocycles. The smallest absolute Gasteiger partial charge is 0.320 e. The lowest BCUT2D eigenvalue weighted by molar-refractivity contribution is -0.145. The Morgan fingerprint density at radius 2 is 1.36 bits per heavy atom. The highest BCUT2D eigenvalue weighted by Gasteiger charge is 2.44. The summed E-state index contributed by atoms with van der Waals surface area (Å²) in [6, 6.07) is 0. The van der Waals surface area contributed by atoms with Crippen LogP contribution in [0, 0.1) is 0 Å². The van der Waals surface area contributed by atoms with Crippen LogP contribution in [0.25, 0.3) is 0 Å². The van der Waals surface area contributed by atoms with E-state index in [1.165, 1.54) is 37.7 Å². The highest BCUT2D eigenvalue weighted by Crippen LogP contribution is 2.44. The van der Waals surface area contributed by atoms with Crippen LogP contribution in [-0.4, -0.2) is 41.2 Å². The Morgan fingerprint density at radius 3 is 1.64 bits per heavy atom. The van der Waals surface area contributed by atoms with Crippen molar-refractivity contribution < 1.29 is 19.1 Å². The third-order valence-corrected chi connectivity index (χ3v) is 4.94. The Bertz CT molecular complexity index is 219. The summed E-state index contributed by atoms with van der Waals surface area (Å²) in [5.41, 5.74) is 0. The second kappa shape index (κ2) is 4.93. The van der Waals surface area contributed by atoms with Crippen LogP contribution in [0.5, 0.6) is 0 Å². The van der Waals surface area contributed by atoms with Gasteiger partial charge in [0.1, 0.15) is 10.5 Å². The van der Waals surface area contributed by atoms with Crippen LogP contribution in [0.3, 0.4) is 0 Å². The molecule has 0 amide bonds. The van der Waals surface area contributed by atoms with Crippen LogP contribution in [0.1, 0.15) is 6.92 Å². The summed E-state index contributed by atoms with van der Waals surface area (Å²) >= 11 is 2.88. The third kappa shape index (κ3) is 2.36. The largest absolute Gasteiger partial charge is 0.468 e. The van der Waals surface area contributed by atoms with E-state index in [1.807, 2.05) is 6.92 Å². The number of rotatable bonds is 2. The molecule has 0 N–H and O–H groups in total. The SMILES string of the molecule is COC(=O)[C@H]1SC(C)S[C@H]1C(=O)OC. The van der Waals surface area contributed by atoms with Gasteiger partial charge in [-0.15, -0.1) is 23.5 Å². The summed E-state index contributed by atoms with van der Waals surface area (Å²) in [6.07, 6.45) is 0. The molecule has 1 saturated heterocycles. The number of carbonyl (C=O) groups is 2. The fourth-order valence-corrected chi connectivity index (χ4v) is 4.29. The lowest BCUT2D eigenvalue weighted by atomic mass is 10.3. The van der Waals surface area contributed by atoms with Crippen molar-refractivity contribution in [1.82, 2.24) is 0 Å². The summed E-state index contributed by atoms with van der Waals surface area (Å²) in [4.78, 5) is 22.7. The Balaban J connectivity index is 2.72. The van der Waals surface area contributed by atoms with Crippen molar-refractivity contribution in [3.8, 4) is 0 Å². The van der Waals surface area contributed by atoms with E-state index in [1.54, 1.807) is 0 Å². The maximum absolute atomic E-state index is 11.3. The molecule has 1 aliphatic rings. The number of thioether (sulfide) groups is 2. The number of methoxy groups -OCH3 is 2. The van der Waals surface area contributed by atoms with Crippen molar-refractivity contribution in [1.29, 1.82) is 0 Å². The lowest BCUT2D eigenvalue weighted by Crippen LogP contribution is -2.33. The fraction of sp³-hybridized carbons (Fsp3) is 0.750. The van der Waals surface area contributed by atoms with Gasteiger partial charge in [-0.3, -0.25) is 9.59 Å². The predicted octanol–water partition coefficient (Wildman–Crippen LogP) is 0.896. The minimum absolute atomic E-state index is 0.211. The van der Waals surface area contributed by atoms with Gasteiger partial charge >= 0.3 is 11.9 Å². The molecule has 80 valence electrons. The van der Waals surface area contributed by atoms with Gasteiger partial charge in [0.05, 0.1) is 14.2 Å². The molecular weight excluding hydrogens is 224 g/mol. The first kappa shape index (κ1) is 11.7. The first-order valence-electron chi connectivity index (χ1n) is 4.06. The monoisotopic (exact) mass is 236 g/mol. The lowest BCUT2D eigenvalue weighted by Gasteiger charge is -2.12. The zero-order valence-electron chi connectivity index (χ0n) is 8.18. The fourth-order valence-electron chi connectivity index (χ4n) is 1.18. The molecule has 0 aromatic heterocycles. The minimum atomic E-state index is -0.438. The van der Waals surface area contributed by atoms with Gasteiger partial charge in [0.15, 0.2) is 0 Å². The van der Waals surface area contributed by atoms with Gasteiger partial charge in [0, 0.05) is 4.58 Å². The van der Waals surface area contributed by atoms with Crippen LogP contribution < -0.4 is 0 Å². The highest BCUT2D eigenvalue weighted by molar-refractivity contribution is 8.21. The quantitative estimate of drug-likeness (QED) is 0.664. The van der Waals surface area contributed by atoms with Crippen molar-refractivity contribution in [3.05, 3.63) is 0 Å². The van der Waals surface area contributed by atoms with Crippen molar-refractivity contribution >= 4 is 35.5 Å². The average Bonchev–Trinajstić information content (AvgIpc) is 2.58. The number of ether oxygens (including phenoxy) is 2. The van der Waals surface area contributed by atoms with Crippen molar-refractivity contribution in [2.75, 3.05) is 14.2 Å². The zero-order valence-corrected chi connectivity index (χ0v) is 9.81. The third-order valence-electron chi connectivity index (χ3n) is 1.82. The molecule has 0 aromatic carbocycles. The van der Waals surface area contributed by atoms with E-state index in [4.69, 9.17) is 0 Å². The molecule has 6 heteroatoms. The van der Waals surface area contributed by atoms with Crippen LogP contribution >= 0.6 is 23.5 Å². The van der Waals surface area contributed by atoms with Gasteiger partial charge in [-0.2, -0.15) is 0 Å². The van der Waals surface area contributed by atoms with Gasteiger partial charge in [0.2, 0.25) is 0 Å². The maximum Gasteiger partial charge on any atom is 0.320 e. The van der Waals surface area contributed by atoms with Crippen LogP contribution in [0.15, 0.2) is 0 Å². The van der Waals surface area contributed by atoms with E-state index < -0.39 is 10.5 Å². The molecule has 0 radical (unpaired) electrons. The topological polar surface area (TPSA) is 52.6 Å². The molecule has 0 spiro atoms. The second-order valence-electron chi connectivity index (χ2n) is 2.73. The molecule has 0 aliphatic carbocycles. The molecule has 3 atom stereocenters. The van der Waals surface area contributed by atoms with Gasteiger partial charge < -0.3 is 9.47 Å². The summed E-state index contributed by atoms with van der Waals surface area (Å²) in [5.74, 6) is -0.718. The maximum atomic E-state index is 11.3. The minimum Gasteiger partial charge on any atom is -0.468 e. The summed E-state index contributed by atoms with van der Waals surface area (Å²) in [7, 11) is 2.65. The van der Waals surface area contributed by atoms with Crippen LogP contribution in [0.2, 0.25) is 0 Å². The van der Waals surface area contributed by atoms with Gasteiger partial charge in [-0.05, 0) is 6.92 Å². The van der Waals surface area contributed by atoms with E-state index in [0.717, 1.165) is 0 Å². The predicted molar refractivity (Wildman–Crippen MR) is 56.3 cm³/mol. The number of hydrogen-bond donors (Lipinski definition) is 0. The summed E-state index contributed by atoms with van der Waals surface area (Å²) in [6.45, 7) is 1.95. The van der Waals surface area contributed by atoms with Crippen LogP contribution in [0.4, 0.5) is 0 Å². The van der Waals surface area contributed by atoms with Crippen molar-refractivity contribution in [2.45, 2.75) is 22.0 Å². The molecule has 1 unspecified atom stereocenters. The molecule has 1 rings (SSSR count). The Morgan fingerprint density at radius 1 is 1.00 bits per heavy atom. The van der Waals surface area contributed by atoms with Crippen molar-refractivity contribution in [3.63, 3.8) is 0 Å². The standard InChI is InChI=1S/C8H12O4S2/c1-4-13-5(7(9)11-2)6(14-4)8(10)12-3/h4-6H,1-3H3/t4?,5-,6+. The average molecular weight is 236 g/mol. The van der Waals surface area contributed by atoms with E-state index in [-0.39, 0.29) is 16.5 Å². The first-order chi connectivity index (χ1) is 6.60. The van der Waals surface area contributed by atoms with E-state index in [9.17, 15) is 9.59 Å². The Kier molecular flexibility index (Phi) is 4.12. The molecule has 1 fully saturated rings. The molecule has 4 nitrogen and oxygen atoms in total. The van der Waals surface area contributed by atoms with Gasteiger partial charge in [-0.25, -0.2) is 0 Å². The molecular formula is C8H12O4S2. The second-order valence-corrected chi connectivity index (χ2v) is 6.00. The molecule has 0 bridgehead atoms. The zero-order chi connectivity index (χ0) is 10.7. The summed E-state index contributed by atoms with van der Waals surface area (Å²) < 4.78 is 9.46. The van der Waals surface area contributed by atoms with E-state index >= 15 is 0 Å². The molecule has 0 saturated carbocycles. The van der Waals surface area contributed by atoms with Gasteiger partial charge in [0.25, 0.3) is 0 Å². The number of hydrogen-bond acceptors (Lipinski definition) is 6. The number of carbonyl (C=O) groups excluding carboxylic acids is 2. The van der Waals surface area contributed by atoms with Crippen molar-refractivity contribution in [2.24, 2.45) is 0 Å². The highest BCUT2D eigenvalue weighted by atomic mass is 32.2. The Labute approximate surface area is 91.1 Å². The van der Waals surface area contributed by atoms with E-state index in [2.05, 4.69) is 9.47 Å². The molecule has 1 heterocycles. The van der Waals surface area contributed by atoms with E-state index in [0.29, 0.717) is 0 Å². The summed E-state index contributed by atoms with van der Waals surface area (Å²) in [5, 5.41) is -0.875. The first-order valence-corrected chi connectivity index (χ1v) is 5.95. The Hall–Kier alpha value is -0.360. The molecule has 14 heavy (non-hydrogen) atoms.